The first-order valence-electron chi connectivity index (χ1n) is 4.39. The molecular formula is C11H19N. The molecule has 1 nitrogen and oxygen atoms in total. The Morgan fingerprint density at radius 3 is 2.42 bits per heavy atom. The summed E-state index contributed by atoms with van der Waals surface area (Å²) in [5.74, 6) is 0. The molecule has 0 N–H and O–H groups in total. The molecule has 0 saturated carbocycles. The molecule has 0 atom stereocenters. The zero-order valence-electron chi connectivity index (χ0n) is 8.65. The van der Waals surface area contributed by atoms with Gasteiger partial charge in [0.25, 0.3) is 0 Å². The topological polar surface area (TPSA) is 12.4 Å². The largest absolute Gasteiger partial charge is 0.293 e. The molecule has 0 saturated heterocycles. The van der Waals surface area contributed by atoms with E-state index in [1.165, 1.54) is 11.1 Å². The van der Waals surface area contributed by atoms with Crippen LogP contribution in [0.4, 0.5) is 0 Å². The molecular weight excluding hydrogens is 146 g/mol. The van der Waals surface area contributed by atoms with Gasteiger partial charge in [0, 0.05) is 12.8 Å². The van der Waals surface area contributed by atoms with Crippen molar-refractivity contribution in [3.8, 4) is 0 Å². The maximum atomic E-state index is 4.11. The summed E-state index contributed by atoms with van der Waals surface area (Å²) in [7, 11) is 1.82. The van der Waals surface area contributed by atoms with Crippen LogP contribution in [0.25, 0.3) is 0 Å². The predicted octanol–water partition coefficient (Wildman–Crippen LogP) is 3.38. The first kappa shape index (κ1) is 11.2. The fourth-order valence-electron chi connectivity index (χ4n) is 0.766. The molecule has 0 aromatic rings. The SMILES string of the molecule is C=C(CC)CC=C(C)C(C)=NC. The van der Waals surface area contributed by atoms with Gasteiger partial charge in [0.15, 0.2) is 0 Å². The summed E-state index contributed by atoms with van der Waals surface area (Å²) < 4.78 is 0. The first-order valence-corrected chi connectivity index (χ1v) is 4.39. The maximum absolute atomic E-state index is 4.11. The average Bonchev–Trinajstić information content (AvgIpc) is 2.11. The van der Waals surface area contributed by atoms with Crippen LogP contribution < -0.4 is 0 Å². The molecule has 1 heteroatoms. The minimum absolute atomic E-state index is 0.981. The minimum Gasteiger partial charge on any atom is -0.293 e. The van der Waals surface area contributed by atoms with Crippen molar-refractivity contribution in [1.82, 2.24) is 0 Å². The van der Waals surface area contributed by atoms with Gasteiger partial charge in [-0.05, 0) is 32.3 Å². The number of hydrogen-bond donors (Lipinski definition) is 0. The molecule has 0 spiro atoms. The monoisotopic (exact) mass is 165 g/mol. The second kappa shape index (κ2) is 5.76. The third-order valence-electron chi connectivity index (χ3n) is 2.10. The molecule has 0 aliphatic carbocycles. The van der Waals surface area contributed by atoms with Gasteiger partial charge in [-0.15, -0.1) is 0 Å². The van der Waals surface area contributed by atoms with E-state index in [9.17, 15) is 0 Å². The van der Waals surface area contributed by atoms with Gasteiger partial charge in [-0.25, -0.2) is 0 Å². The number of hydrogen-bond acceptors (Lipinski definition) is 1. The van der Waals surface area contributed by atoms with E-state index in [0.717, 1.165) is 18.6 Å². The van der Waals surface area contributed by atoms with Gasteiger partial charge in [-0.2, -0.15) is 0 Å². The van der Waals surface area contributed by atoms with E-state index in [1.807, 2.05) is 14.0 Å². The Bertz CT molecular complexity index is 209. The van der Waals surface area contributed by atoms with Crippen molar-refractivity contribution in [3.05, 3.63) is 23.8 Å². The number of aliphatic imine (C=N–C) groups is 1. The van der Waals surface area contributed by atoms with Crippen LogP contribution in [0, 0.1) is 0 Å². The molecule has 0 rings (SSSR count). The highest BCUT2D eigenvalue weighted by Gasteiger charge is 1.93. The Balaban J connectivity index is 4.10. The second-order valence-electron chi connectivity index (χ2n) is 3.00. The van der Waals surface area contributed by atoms with E-state index in [2.05, 4.69) is 31.5 Å². The van der Waals surface area contributed by atoms with Gasteiger partial charge >= 0.3 is 0 Å². The molecule has 0 aliphatic heterocycles. The maximum Gasteiger partial charge on any atom is 0.0339 e. The van der Waals surface area contributed by atoms with E-state index in [-0.39, 0.29) is 0 Å². The standard InChI is InChI=1S/C11H19N/c1-6-9(2)7-8-10(3)11(4)12-5/h8H,2,6-7H2,1,3-5H3. The van der Waals surface area contributed by atoms with Gasteiger partial charge in [-0.1, -0.05) is 25.2 Å². The van der Waals surface area contributed by atoms with Crippen molar-refractivity contribution in [2.45, 2.75) is 33.6 Å². The van der Waals surface area contributed by atoms with Crippen molar-refractivity contribution in [2.75, 3.05) is 7.05 Å². The van der Waals surface area contributed by atoms with E-state index >= 15 is 0 Å². The van der Waals surface area contributed by atoms with Gasteiger partial charge in [0.05, 0.1) is 0 Å². The summed E-state index contributed by atoms with van der Waals surface area (Å²) in [5.41, 5.74) is 3.64. The van der Waals surface area contributed by atoms with E-state index in [0.29, 0.717) is 0 Å². The highest BCUT2D eigenvalue weighted by molar-refractivity contribution is 5.97. The van der Waals surface area contributed by atoms with Crippen LogP contribution in [-0.4, -0.2) is 12.8 Å². The van der Waals surface area contributed by atoms with Crippen molar-refractivity contribution in [3.63, 3.8) is 0 Å². The van der Waals surface area contributed by atoms with Crippen LogP contribution in [0.2, 0.25) is 0 Å². The van der Waals surface area contributed by atoms with E-state index in [1.54, 1.807) is 0 Å². The van der Waals surface area contributed by atoms with Crippen LogP contribution >= 0.6 is 0 Å². The van der Waals surface area contributed by atoms with Crippen LogP contribution in [-0.2, 0) is 0 Å². The molecule has 0 fully saturated rings. The summed E-state index contributed by atoms with van der Waals surface area (Å²) in [4.78, 5) is 4.11. The molecule has 0 aromatic carbocycles. The Kier molecular flexibility index (Phi) is 5.35. The summed E-state index contributed by atoms with van der Waals surface area (Å²) in [5, 5.41) is 0. The summed E-state index contributed by atoms with van der Waals surface area (Å²) in [6.07, 6.45) is 4.23. The zero-order chi connectivity index (χ0) is 9.56. The van der Waals surface area contributed by atoms with Crippen LogP contribution in [0.15, 0.2) is 28.8 Å². The summed E-state index contributed by atoms with van der Waals surface area (Å²) >= 11 is 0. The van der Waals surface area contributed by atoms with Gasteiger partial charge in [0.2, 0.25) is 0 Å². The number of allylic oxidation sites excluding steroid dienone is 3. The Morgan fingerprint density at radius 1 is 1.42 bits per heavy atom. The normalized spacial score (nSPS) is 13.3. The fraction of sp³-hybridized carbons (Fsp3) is 0.545. The summed E-state index contributed by atoms with van der Waals surface area (Å²) in [6, 6.07) is 0. The lowest BCUT2D eigenvalue weighted by Crippen LogP contribution is -1.92. The lowest BCUT2D eigenvalue weighted by Gasteiger charge is -2.00. The Labute approximate surface area is 75.9 Å². The molecule has 0 amide bonds. The quantitative estimate of drug-likeness (QED) is 0.447. The Morgan fingerprint density at radius 2 is 2.00 bits per heavy atom. The van der Waals surface area contributed by atoms with Crippen molar-refractivity contribution in [1.29, 1.82) is 0 Å². The van der Waals surface area contributed by atoms with Crippen molar-refractivity contribution < 1.29 is 0 Å². The zero-order valence-corrected chi connectivity index (χ0v) is 8.65. The smallest absolute Gasteiger partial charge is 0.0339 e. The third kappa shape index (κ3) is 4.12. The van der Waals surface area contributed by atoms with Crippen LogP contribution in [0.5, 0.6) is 0 Å². The molecule has 0 unspecified atom stereocenters. The molecule has 68 valence electrons. The third-order valence-corrected chi connectivity index (χ3v) is 2.10. The fourth-order valence-corrected chi connectivity index (χ4v) is 0.766. The van der Waals surface area contributed by atoms with Crippen molar-refractivity contribution in [2.24, 2.45) is 4.99 Å². The van der Waals surface area contributed by atoms with E-state index < -0.39 is 0 Å². The molecule has 12 heavy (non-hydrogen) atoms. The minimum atomic E-state index is 0.981. The number of nitrogens with zero attached hydrogens (tertiary/aromatic N) is 1. The highest BCUT2D eigenvalue weighted by atomic mass is 14.7. The van der Waals surface area contributed by atoms with Gasteiger partial charge in [-0.3, -0.25) is 4.99 Å². The highest BCUT2D eigenvalue weighted by Crippen LogP contribution is 2.07. The second-order valence-corrected chi connectivity index (χ2v) is 3.00. The Hall–Kier alpha value is -0.850. The molecule has 0 radical (unpaired) electrons. The van der Waals surface area contributed by atoms with Gasteiger partial charge < -0.3 is 0 Å². The lowest BCUT2D eigenvalue weighted by atomic mass is 10.1. The molecule has 0 bridgehead atoms. The molecule has 0 heterocycles. The van der Waals surface area contributed by atoms with E-state index in [4.69, 9.17) is 0 Å². The number of rotatable bonds is 4. The average molecular weight is 165 g/mol. The molecule has 0 aromatic heterocycles. The van der Waals surface area contributed by atoms with Crippen LogP contribution in [0.1, 0.15) is 33.6 Å². The van der Waals surface area contributed by atoms with Gasteiger partial charge in [0.1, 0.15) is 0 Å². The first-order chi connectivity index (χ1) is 5.61. The summed E-state index contributed by atoms with van der Waals surface area (Å²) in [6.45, 7) is 10.2. The lowest BCUT2D eigenvalue weighted by molar-refractivity contribution is 1.04. The predicted molar refractivity (Wildman–Crippen MR) is 56.8 cm³/mol. The van der Waals surface area contributed by atoms with Crippen molar-refractivity contribution >= 4 is 5.71 Å². The molecule has 0 aliphatic rings. The van der Waals surface area contributed by atoms with Crippen LogP contribution in [0.3, 0.4) is 0 Å².